The maximum Gasteiger partial charge on any atom is 0.416 e. The van der Waals surface area contributed by atoms with Gasteiger partial charge in [0.15, 0.2) is 5.13 Å². The highest BCUT2D eigenvalue weighted by Crippen LogP contribution is 2.33. The lowest BCUT2D eigenvalue weighted by Gasteiger charge is -2.22. The van der Waals surface area contributed by atoms with Crippen molar-refractivity contribution in [3.05, 3.63) is 58.4 Å². The minimum atomic E-state index is -4.34. The second-order valence-electron chi connectivity index (χ2n) is 5.96. The fourth-order valence-electron chi connectivity index (χ4n) is 2.77. The van der Waals surface area contributed by atoms with Gasteiger partial charge in [0.25, 0.3) is 5.91 Å². The molecule has 9 heteroatoms. The van der Waals surface area contributed by atoms with Gasteiger partial charge in [-0.25, -0.2) is 4.98 Å². The van der Waals surface area contributed by atoms with Crippen LogP contribution in [0.5, 0.6) is 0 Å². The Balaban J connectivity index is 1.71. The van der Waals surface area contributed by atoms with Gasteiger partial charge in [-0.05, 0) is 24.6 Å². The SMILES string of the molecule is C=C1N(Cc2ccc(C(F)(F)F)cc2)CCN1c1nc(C)c(C(N)=O)s1. The van der Waals surface area contributed by atoms with Crippen LogP contribution in [-0.4, -0.2) is 28.9 Å². The summed E-state index contributed by atoms with van der Waals surface area (Å²) in [5.41, 5.74) is 6.00. The number of primary amides is 1. The van der Waals surface area contributed by atoms with Crippen molar-refractivity contribution in [1.82, 2.24) is 9.88 Å². The number of thiazole rings is 1. The van der Waals surface area contributed by atoms with Crippen LogP contribution in [0.15, 0.2) is 36.7 Å². The summed E-state index contributed by atoms with van der Waals surface area (Å²) in [6, 6.07) is 5.10. The van der Waals surface area contributed by atoms with Crippen LogP contribution in [-0.2, 0) is 12.7 Å². The highest BCUT2D eigenvalue weighted by Gasteiger charge is 2.31. The number of hydrogen-bond donors (Lipinski definition) is 1. The molecule has 1 saturated heterocycles. The molecule has 1 aliphatic heterocycles. The van der Waals surface area contributed by atoms with E-state index in [4.69, 9.17) is 5.73 Å². The molecule has 3 rings (SSSR count). The molecule has 1 aliphatic rings. The van der Waals surface area contributed by atoms with Crippen LogP contribution in [0.1, 0.15) is 26.5 Å². The van der Waals surface area contributed by atoms with Gasteiger partial charge >= 0.3 is 6.18 Å². The molecular formula is C17H17F3N4OS. The second-order valence-corrected chi connectivity index (χ2v) is 6.94. The third-order valence-corrected chi connectivity index (χ3v) is 5.36. The van der Waals surface area contributed by atoms with Crippen LogP contribution in [0, 0.1) is 6.92 Å². The van der Waals surface area contributed by atoms with Crippen molar-refractivity contribution in [2.24, 2.45) is 5.73 Å². The minimum absolute atomic E-state index is 0.411. The summed E-state index contributed by atoms with van der Waals surface area (Å²) < 4.78 is 37.9. The molecule has 1 aromatic carbocycles. The van der Waals surface area contributed by atoms with E-state index in [9.17, 15) is 18.0 Å². The van der Waals surface area contributed by atoms with E-state index in [2.05, 4.69) is 11.6 Å². The molecule has 26 heavy (non-hydrogen) atoms. The van der Waals surface area contributed by atoms with Crippen LogP contribution in [0.25, 0.3) is 0 Å². The molecule has 0 atom stereocenters. The van der Waals surface area contributed by atoms with E-state index in [1.165, 1.54) is 23.5 Å². The van der Waals surface area contributed by atoms with Crippen molar-refractivity contribution in [2.45, 2.75) is 19.6 Å². The Labute approximate surface area is 152 Å². The Morgan fingerprint density at radius 2 is 1.96 bits per heavy atom. The number of nitrogens with zero attached hydrogens (tertiary/aromatic N) is 3. The Morgan fingerprint density at radius 3 is 2.50 bits per heavy atom. The molecule has 2 aromatic rings. The molecule has 2 heterocycles. The normalized spacial score (nSPS) is 15.0. The largest absolute Gasteiger partial charge is 0.416 e. The highest BCUT2D eigenvalue weighted by atomic mass is 32.1. The van der Waals surface area contributed by atoms with E-state index in [1.807, 2.05) is 9.80 Å². The molecule has 138 valence electrons. The van der Waals surface area contributed by atoms with Gasteiger partial charge in [0.05, 0.1) is 11.3 Å². The quantitative estimate of drug-likeness (QED) is 0.881. The number of carbonyl (C=O) groups excluding carboxylic acids is 1. The summed E-state index contributed by atoms with van der Waals surface area (Å²) in [6.45, 7) is 7.51. The number of benzene rings is 1. The average molecular weight is 382 g/mol. The zero-order chi connectivity index (χ0) is 19.1. The summed E-state index contributed by atoms with van der Waals surface area (Å²) in [6.07, 6.45) is -4.34. The Kier molecular flexibility index (Phi) is 4.66. The third-order valence-electron chi connectivity index (χ3n) is 4.16. The lowest BCUT2D eigenvalue weighted by Crippen LogP contribution is -2.21. The molecule has 1 aromatic heterocycles. The number of anilines is 1. The van der Waals surface area contributed by atoms with Crippen LogP contribution >= 0.6 is 11.3 Å². The molecule has 1 fully saturated rings. The summed E-state index contributed by atoms with van der Waals surface area (Å²) in [5, 5.41) is 0.635. The minimum Gasteiger partial charge on any atom is -0.365 e. The number of halogens is 3. The van der Waals surface area contributed by atoms with E-state index in [1.54, 1.807) is 6.92 Å². The standard InChI is InChI=1S/C17H17F3N4OS/c1-10-14(15(21)25)26-16(22-10)24-8-7-23(11(24)2)9-12-3-5-13(6-4-12)17(18,19)20/h3-6H,2,7-9H2,1H3,(H2,21,25). The van der Waals surface area contributed by atoms with Crippen molar-refractivity contribution >= 4 is 22.4 Å². The summed E-state index contributed by atoms with van der Waals surface area (Å²) >= 11 is 1.21. The van der Waals surface area contributed by atoms with Crippen molar-refractivity contribution in [2.75, 3.05) is 18.0 Å². The first-order valence-corrected chi connectivity index (χ1v) is 8.63. The first-order chi connectivity index (χ1) is 12.2. The molecule has 0 spiro atoms. The van der Waals surface area contributed by atoms with E-state index in [0.29, 0.717) is 41.2 Å². The Morgan fingerprint density at radius 1 is 1.31 bits per heavy atom. The number of alkyl halides is 3. The second kappa shape index (κ2) is 6.64. The number of carbonyl (C=O) groups is 1. The van der Waals surface area contributed by atoms with Gasteiger partial charge in [-0.3, -0.25) is 4.79 Å². The van der Waals surface area contributed by atoms with Crippen molar-refractivity contribution in [3.8, 4) is 0 Å². The topological polar surface area (TPSA) is 62.5 Å². The number of nitrogens with two attached hydrogens (primary N) is 1. The van der Waals surface area contributed by atoms with E-state index in [-0.39, 0.29) is 0 Å². The Bertz CT molecular complexity index is 845. The lowest BCUT2D eigenvalue weighted by atomic mass is 10.1. The number of amides is 1. The summed E-state index contributed by atoms with van der Waals surface area (Å²) in [4.78, 5) is 20.0. The van der Waals surface area contributed by atoms with Gasteiger partial charge in [0, 0.05) is 19.6 Å². The van der Waals surface area contributed by atoms with Crippen LogP contribution in [0.4, 0.5) is 18.3 Å². The fraction of sp³-hybridized carbons (Fsp3) is 0.294. The van der Waals surface area contributed by atoms with E-state index >= 15 is 0 Å². The van der Waals surface area contributed by atoms with E-state index in [0.717, 1.165) is 17.7 Å². The molecule has 0 saturated carbocycles. The van der Waals surface area contributed by atoms with Gasteiger partial charge in [-0.15, -0.1) is 0 Å². The number of rotatable bonds is 4. The fourth-order valence-corrected chi connectivity index (χ4v) is 3.74. The zero-order valence-electron chi connectivity index (χ0n) is 14.0. The van der Waals surface area contributed by atoms with Crippen molar-refractivity contribution in [1.29, 1.82) is 0 Å². The molecular weight excluding hydrogens is 365 g/mol. The van der Waals surface area contributed by atoms with Crippen molar-refractivity contribution < 1.29 is 18.0 Å². The molecule has 2 N–H and O–H groups in total. The number of hydrogen-bond acceptors (Lipinski definition) is 5. The zero-order valence-corrected chi connectivity index (χ0v) is 14.8. The predicted molar refractivity (Wildman–Crippen MR) is 93.7 cm³/mol. The van der Waals surface area contributed by atoms with Gasteiger partial charge in [0.2, 0.25) is 0 Å². The average Bonchev–Trinajstić information content (AvgIpc) is 3.11. The van der Waals surface area contributed by atoms with Crippen LogP contribution < -0.4 is 10.6 Å². The van der Waals surface area contributed by atoms with Crippen LogP contribution in [0.2, 0.25) is 0 Å². The molecule has 0 radical (unpaired) electrons. The molecule has 0 bridgehead atoms. The maximum absolute atomic E-state index is 12.6. The predicted octanol–water partition coefficient (Wildman–Crippen LogP) is 3.36. The number of aromatic nitrogens is 1. The van der Waals surface area contributed by atoms with Gasteiger partial charge in [-0.1, -0.05) is 30.0 Å². The first kappa shape index (κ1) is 18.2. The summed E-state index contributed by atoms with van der Waals surface area (Å²) in [7, 11) is 0. The smallest absolute Gasteiger partial charge is 0.365 e. The lowest BCUT2D eigenvalue weighted by molar-refractivity contribution is -0.137. The third kappa shape index (κ3) is 3.52. The number of aryl methyl sites for hydroxylation is 1. The van der Waals surface area contributed by atoms with Crippen molar-refractivity contribution in [3.63, 3.8) is 0 Å². The van der Waals surface area contributed by atoms with Gasteiger partial charge in [-0.2, -0.15) is 13.2 Å². The highest BCUT2D eigenvalue weighted by molar-refractivity contribution is 7.17. The van der Waals surface area contributed by atoms with E-state index < -0.39 is 17.6 Å². The molecule has 0 unspecified atom stereocenters. The molecule has 5 nitrogen and oxygen atoms in total. The molecule has 1 amide bonds. The van der Waals surface area contributed by atoms with Gasteiger partial charge < -0.3 is 15.5 Å². The van der Waals surface area contributed by atoms with Crippen LogP contribution in [0.3, 0.4) is 0 Å². The summed E-state index contributed by atoms with van der Waals surface area (Å²) in [5.74, 6) is 0.173. The Hall–Kier alpha value is -2.55. The maximum atomic E-state index is 12.6. The van der Waals surface area contributed by atoms with Gasteiger partial charge in [0.1, 0.15) is 10.7 Å². The first-order valence-electron chi connectivity index (χ1n) is 7.81. The monoisotopic (exact) mass is 382 g/mol. The molecule has 0 aliphatic carbocycles.